The number of rotatable bonds is 9. The van der Waals surface area contributed by atoms with E-state index in [0.717, 1.165) is 11.1 Å². The van der Waals surface area contributed by atoms with E-state index in [1.807, 2.05) is 32.0 Å². The third kappa shape index (κ3) is 6.53. The number of carbonyl (C=O) groups is 1. The van der Waals surface area contributed by atoms with Crippen molar-refractivity contribution in [2.75, 3.05) is 13.2 Å². The lowest BCUT2D eigenvalue weighted by Gasteiger charge is -2.11. The molecular weight excluding hydrogens is 370 g/mol. The van der Waals surface area contributed by atoms with Crippen LogP contribution in [0.5, 0.6) is 17.2 Å². The Balaban J connectivity index is 1.93. The number of benzene rings is 2. The Hall–Kier alpha value is -3.16. The van der Waals surface area contributed by atoms with Gasteiger partial charge in [0.05, 0.1) is 12.8 Å². The van der Waals surface area contributed by atoms with E-state index in [1.54, 1.807) is 6.92 Å². The summed E-state index contributed by atoms with van der Waals surface area (Å²) in [7, 11) is 0. The van der Waals surface area contributed by atoms with Gasteiger partial charge < -0.3 is 14.2 Å². The fourth-order valence-electron chi connectivity index (χ4n) is 2.28. The smallest absolute Gasteiger partial charge is 0.387 e. The average molecular weight is 392 g/mol. The standard InChI is InChI=1S/C20H22F2N2O4/c1-4-26-18-10-15(7-8-16(18)28-20(21)22)11-23-24-19(25)12-27-17-9-13(2)5-6-14(17)3/h5-11,20H,4,12H2,1-3H3,(H,24,25)/b23-11-. The Bertz CT molecular complexity index is 841. The molecule has 0 atom stereocenters. The zero-order chi connectivity index (χ0) is 20.5. The van der Waals surface area contributed by atoms with E-state index in [-0.39, 0.29) is 24.7 Å². The van der Waals surface area contributed by atoms with Gasteiger partial charge in [-0.05, 0) is 61.7 Å². The molecule has 0 saturated heterocycles. The molecule has 28 heavy (non-hydrogen) atoms. The number of hydrogen-bond acceptors (Lipinski definition) is 5. The molecule has 1 N–H and O–H groups in total. The first-order valence-corrected chi connectivity index (χ1v) is 8.62. The molecule has 0 aromatic heterocycles. The topological polar surface area (TPSA) is 69.2 Å². The molecule has 6 nitrogen and oxygen atoms in total. The molecule has 0 aliphatic heterocycles. The van der Waals surface area contributed by atoms with E-state index in [1.165, 1.54) is 24.4 Å². The lowest BCUT2D eigenvalue weighted by molar-refractivity contribution is -0.123. The summed E-state index contributed by atoms with van der Waals surface area (Å²) >= 11 is 0. The van der Waals surface area contributed by atoms with Crippen LogP contribution >= 0.6 is 0 Å². The maximum absolute atomic E-state index is 12.4. The SMILES string of the molecule is CCOc1cc(/C=N\NC(=O)COc2cc(C)ccc2C)ccc1OC(F)F. The van der Waals surface area contributed by atoms with Crippen LogP contribution in [-0.4, -0.2) is 31.9 Å². The third-order valence-corrected chi connectivity index (χ3v) is 3.59. The second kappa shape index (κ2) is 10.2. The molecular formula is C20H22F2N2O4. The van der Waals surface area contributed by atoms with Gasteiger partial charge in [0, 0.05) is 0 Å². The molecule has 0 bridgehead atoms. The van der Waals surface area contributed by atoms with Crippen LogP contribution in [-0.2, 0) is 4.79 Å². The van der Waals surface area contributed by atoms with Crippen LogP contribution < -0.4 is 19.6 Å². The van der Waals surface area contributed by atoms with Crippen molar-refractivity contribution in [3.8, 4) is 17.2 Å². The van der Waals surface area contributed by atoms with Crippen molar-refractivity contribution in [1.82, 2.24) is 5.43 Å². The Morgan fingerprint density at radius 1 is 1.11 bits per heavy atom. The summed E-state index contributed by atoms with van der Waals surface area (Å²) in [6, 6.07) is 10.1. The van der Waals surface area contributed by atoms with Crippen molar-refractivity contribution in [3.63, 3.8) is 0 Å². The molecule has 0 fully saturated rings. The third-order valence-electron chi connectivity index (χ3n) is 3.59. The van der Waals surface area contributed by atoms with Gasteiger partial charge in [-0.3, -0.25) is 4.79 Å². The monoisotopic (exact) mass is 392 g/mol. The molecule has 0 saturated carbocycles. The molecule has 0 unspecified atom stereocenters. The highest BCUT2D eigenvalue weighted by Gasteiger charge is 2.11. The van der Waals surface area contributed by atoms with Crippen molar-refractivity contribution in [1.29, 1.82) is 0 Å². The molecule has 150 valence electrons. The van der Waals surface area contributed by atoms with Gasteiger partial charge in [0.2, 0.25) is 0 Å². The summed E-state index contributed by atoms with van der Waals surface area (Å²) in [5, 5.41) is 3.84. The second-order valence-electron chi connectivity index (χ2n) is 5.87. The number of ether oxygens (including phenoxy) is 3. The molecule has 1 amide bonds. The molecule has 0 aliphatic carbocycles. The number of amides is 1. The number of halogens is 2. The summed E-state index contributed by atoms with van der Waals surface area (Å²) < 4.78 is 40.0. The van der Waals surface area contributed by atoms with Gasteiger partial charge >= 0.3 is 6.61 Å². The number of aryl methyl sites for hydroxylation is 2. The molecule has 2 aromatic rings. The molecule has 2 aromatic carbocycles. The van der Waals surface area contributed by atoms with Crippen LogP contribution in [0.3, 0.4) is 0 Å². The largest absolute Gasteiger partial charge is 0.490 e. The Morgan fingerprint density at radius 2 is 1.89 bits per heavy atom. The van der Waals surface area contributed by atoms with Crippen molar-refractivity contribution in [2.24, 2.45) is 5.10 Å². The highest BCUT2D eigenvalue weighted by Crippen LogP contribution is 2.29. The Labute approximate surface area is 162 Å². The van der Waals surface area contributed by atoms with Gasteiger partial charge in [-0.15, -0.1) is 0 Å². The first-order valence-electron chi connectivity index (χ1n) is 8.62. The maximum atomic E-state index is 12.4. The van der Waals surface area contributed by atoms with Gasteiger partial charge in [-0.2, -0.15) is 13.9 Å². The quantitative estimate of drug-likeness (QED) is 0.520. The Kier molecular flexibility index (Phi) is 7.74. The van der Waals surface area contributed by atoms with Gasteiger partial charge in [-0.1, -0.05) is 12.1 Å². The second-order valence-corrected chi connectivity index (χ2v) is 5.87. The van der Waals surface area contributed by atoms with E-state index < -0.39 is 12.5 Å². The van der Waals surface area contributed by atoms with Crippen LogP contribution in [0, 0.1) is 13.8 Å². The normalized spacial score (nSPS) is 10.9. The summed E-state index contributed by atoms with van der Waals surface area (Å²) in [5.41, 5.74) is 4.85. The molecule has 0 radical (unpaired) electrons. The number of nitrogens with one attached hydrogen (secondary N) is 1. The highest BCUT2D eigenvalue weighted by atomic mass is 19.3. The fraction of sp³-hybridized carbons (Fsp3) is 0.300. The van der Waals surface area contributed by atoms with E-state index in [4.69, 9.17) is 9.47 Å². The number of nitrogens with zero attached hydrogens (tertiary/aromatic N) is 1. The molecule has 8 heteroatoms. The van der Waals surface area contributed by atoms with Gasteiger partial charge in [0.25, 0.3) is 5.91 Å². The zero-order valence-electron chi connectivity index (χ0n) is 15.9. The maximum Gasteiger partial charge on any atom is 0.387 e. The van der Waals surface area contributed by atoms with Gasteiger partial charge in [-0.25, -0.2) is 5.43 Å². The van der Waals surface area contributed by atoms with Gasteiger partial charge in [0.1, 0.15) is 5.75 Å². The van der Waals surface area contributed by atoms with Crippen LogP contribution in [0.25, 0.3) is 0 Å². The van der Waals surface area contributed by atoms with E-state index in [0.29, 0.717) is 11.3 Å². The lowest BCUT2D eigenvalue weighted by Crippen LogP contribution is -2.24. The minimum absolute atomic E-state index is 0.0695. The first-order chi connectivity index (χ1) is 13.4. The molecule has 0 aliphatic rings. The van der Waals surface area contributed by atoms with Crippen molar-refractivity contribution >= 4 is 12.1 Å². The number of alkyl halides is 2. The van der Waals surface area contributed by atoms with E-state index >= 15 is 0 Å². The van der Waals surface area contributed by atoms with Crippen molar-refractivity contribution in [3.05, 3.63) is 53.1 Å². The van der Waals surface area contributed by atoms with Crippen LogP contribution in [0.4, 0.5) is 8.78 Å². The molecule has 0 spiro atoms. The van der Waals surface area contributed by atoms with Crippen LogP contribution in [0.15, 0.2) is 41.5 Å². The first kappa shape index (κ1) is 21.1. The predicted octanol–water partition coefficient (Wildman–Crippen LogP) is 3.83. The van der Waals surface area contributed by atoms with E-state index in [9.17, 15) is 13.6 Å². The minimum atomic E-state index is -2.95. The lowest BCUT2D eigenvalue weighted by atomic mass is 10.1. The predicted molar refractivity (Wildman–Crippen MR) is 101 cm³/mol. The zero-order valence-corrected chi connectivity index (χ0v) is 15.9. The number of hydrazone groups is 1. The van der Waals surface area contributed by atoms with Crippen LogP contribution in [0.2, 0.25) is 0 Å². The molecule has 2 rings (SSSR count). The summed E-state index contributed by atoms with van der Waals surface area (Å²) in [5.74, 6) is 0.297. The fourth-order valence-corrected chi connectivity index (χ4v) is 2.28. The summed E-state index contributed by atoms with van der Waals surface area (Å²) in [4.78, 5) is 11.9. The average Bonchev–Trinajstić information content (AvgIpc) is 2.64. The highest BCUT2D eigenvalue weighted by molar-refractivity contribution is 5.83. The van der Waals surface area contributed by atoms with Gasteiger partial charge in [0.15, 0.2) is 18.1 Å². The number of hydrogen-bond donors (Lipinski definition) is 1. The van der Waals surface area contributed by atoms with Crippen molar-refractivity contribution in [2.45, 2.75) is 27.4 Å². The molecule has 0 heterocycles. The van der Waals surface area contributed by atoms with E-state index in [2.05, 4.69) is 15.3 Å². The summed E-state index contributed by atoms with van der Waals surface area (Å²) in [6.07, 6.45) is 1.37. The van der Waals surface area contributed by atoms with Crippen LogP contribution in [0.1, 0.15) is 23.6 Å². The van der Waals surface area contributed by atoms with Crippen molar-refractivity contribution < 1.29 is 27.8 Å². The summed E-state index contributed by atoms with van der Waals surface area (Å²) in [6.45, 7) is 2.70. The number of carbonyl (C=O) groups excluding carboxylic acids is 1. The Morgan fingerprint density at radius 3 is 2.61 bits per heavy atom. The minimum Gasteiger partial charge on any atom is -0.490 e.